The minimum absolute atomic E-state index is 0.0559. The Labute approximate surface area is 107 Å². The van der Waals surface area contributed by atoms with Crippen molar-refractivity contribution in [3.05, 3.63) is 34.2 Å². The molecule has 1 fully saturated rings. The molecule has 0 saturated heterocycles. The molecule has 1 aliphatic rings. The van der Waals surface area contributed by atoms with Crippen LogP contribution in [0.1, 0.15) is 36.0 Å². The average molecular weight is 248 g/mol. The summed E-state index contributed by atoms with van der Waals surface area (Å²) < 4.78 is 1.47. The van der Waals surface area contributed by atoms with Crippen molar-refractivity contribution in [2.45, 2.75) is 25.7 Å². The first-order chi connectivity index (χ1) is 8.58. The van der Waals surface area contributed by atoms with Crippen LogP contribution in [-0.2, 0) is 7.05 Å². The number of rotatable bonds is 3. The number of aryl methyl sites for hydroxylation is 1. The first-order valence-corrected chi connectivity index (χ1v) is 6.50. The second-order valence-corrected chi connectivity index (χ2v) is 5.20. The van der Waals surface area contributed by atoms with Crippen LogP contribution in [-0.4, -0.2) is 29.0 Å². The van der Waals surface area contributed by atoms with Crippen LogP contribution in [0.5, 0.6) is 0 Å². The van der Waals surface area contributed by atoms with E-state index in [1.54, 1.807) is 24.2 Å². The van der Waals surface area contributed by atoms with Crippen LogP contribution in [0.25, 0.3) is 0 Å². The Balaban J connectivity index is 2.05. The highest BCUT2D eigenvalue weighted by Crippen LogP contribution is 2.25. The first-order valence-electron chi connectivity index (χ1n) is 6.50. The standard InChI is InChI=1S/C14H20N2O2/c1-15-8-7-12(9-13(15)17)14(18)16(2)10-11-5-3-4-6-11/h7-9,11H,3-6,10H2,1-2H3. The second kappa shape index (κ2) is 5.38. The molecule has 0 bridgehead atoms. The van der Waals surface area contributed by atoms with Gasteiger partial charge in [0.25, 0.3) is 11.5 Å². The lowest BCUT2D eigenvalue weighted by Crippen LogP contribution is -2.32. The molecule has 2 rings (SSSR count). The zero-order chi connectivity index (χ0) is 13.1. The molecule has 1 heterocycles. The van der Waals surface area contributed by atoms with E-state index in [4.69, 9.17) is 0 Å². The minimum Gasteiger partial charge on any atom is -0.341 e. The van der Waals surface area contributed by atoms with Crippen LogP contribution in [0.4, 0.5) is 0 Å². The van der Waals surface area contributed by atoms with Gasteiger partial charge in [-0.1, -0.05) is 12.8 Å². The molecule has 98 valence electrons. The quantitative estimate of drug-likeness (QED) is 0.816. The summed E-state index contributed by atoms with van der Waals surface area (Å²) in [6.07, 6.45) is 6.62. The van der Waals surface area contributed by atoms with Crippen molar-refractivity contribution in [2.75, 3.05) is 13.6 Å². The summed E-state index contributed by atoms with van der Waals surface area (Å²) in [7, 11) is 3.50. The summed E-state index contributed by atoms with van der Waals surface area (Å²) in [5.74, 6) is 0.574. The minimum atomic E-state index is -0.143. The molecule has 1 aromatic heterocycles. The van der Waals surface area contributed by atoms with Gasteiger partial charge in [-0.2, -0.15) is 0 Å². The summed E-state index contributed by atoms with van der Waals surface area (Å²) >= 11 is 0. The molecule has 1 aromatic rings. The Hall–Kier alpha value is -1.58. The predicted molar refractivity (Wildman–Crippen MR) is 70.6 cm³/mol. The van der Waals surface area contributed by atoms with Crippen LogP contribution < -0.4 is 5.56 Å². The van der Waals surface area contributed by atoms with Gasteiger partial charge in [0, 0.05) is 38.5 Å². The highest BCUT2D eigenvalue weighted by molar-refractivity contribution is 5.93. The lowest BCUT2D eigenvalue weighted by molar-refractivity contribution is 0.0773. The molecule has 1 aliphatic carbocycles. The number of pyridine rings is 1. The largest absolute Gasteiger partial charge is 0.341 e. The lowest BCUT2D eigenvalue weighted by Gasteiger charge is -2.21. The summed E-state index contributed by atoms with van der Waals surface area (Å²) in [4.78, 5) is 25.4. The van der Waals surface area contributed by atoms with Crippen molar-refractivity contribution in [3.8, 4) is 0 Å². The highest BCUT2D eigenvalue weighted by Gasteiger charge is 2.20. The van der Waals surface area contributed by atoms with Crippen LogP contribution >= 0.6 is 0 Å². The maximum absolute atomic E-state index is 12.2. The molecule has 1 saturated carbocycles. The fourth-order valence-electron chi connectivity index (χ4n) is 2.57. The van der Waals surface area contributed by atoms with Crippen molar-refractivity contribution in [2.24, 2.45) is 13.0 Å². The third-order valence-electron chi connectivity index (χ3n) is 3.70. The third-order valence-corrected chi connectivity index (χ3v) is 3.70. The van der Waals surface area contributed by atoms with Crippen LogP contribution in [0.3, 0.4) is 0 Å². The van der Waals surface area contributed by atoms with E-state index >= 15 is 0 Å². The fourth-order valence-corrected chi connectivity index (χ4v) is 2.57. The topological polar surface area (TPSA) is 42.3 Å². The molecule has 1 amide bonds. The van der Waals surface area contributed by atoms with E-state index in [0.29, 0.717) is 11.5 Å². The Bertz CT molecular complexity index is 487. The van der Waals surface area contributed by atoms with Gasteiger partial charge < -0.3 is 9.47 Å². The smallest absolute Gasteiger partial charge is 0.253 e. The van der Waals surface area contributed by atoms with Crippen molar-refractivity contribution in [1.82, 2.24) is 9.47 Å². The molecule has 0 aliphatic heterocycles. The van der Waals surface area contributed by atoms with Crippen molar-refractivity contribution in [3.63, 3.8) is 0 Å². The van der Waals surface area contributed by atoms with Gasteiger partial charge in [-0.15, -0.1) is 0 Å². The zero-order valence-electron chi connectivity index (χ0n) is 11.1. The number of carbonyl (C=O) groups excluding carboxylic acids is 1. The Morgan fingerprint density at radius 3 is 2.72 bits per heavy atom. The van der Waals surface area contributed by atoms with E-state index in [1.165, 1.54) is 36.3 Å². The maximum atomic E-state index is 12.2. The van der Waals surface area contributed by atoms with Crippen LogP contribution in [0, 0.1) is 5.92 Å². The van der Waals surface area contributed by atoms with Gasteiger partial charge >= 0.3 is 0 Å². The van der Waals surface area contributed by atoms with Gasteiger partial charge in [-0.3, -0.25) is 9.59 Å². The fraction of sp³-hybridized carbons (Fsp3) is 0.571. The number of nitrogens with zero attached hydrogens (tertiary/aromatic N) is 2. The summed E-state index contributed by atoms with van der Waals surface area (Å²) in [5.41, 5.74) is 0.341. The van der Waals surface area contributed by atoms with Gasteiger partial charge in [0.2, 0.25) is 0 Å². The molecule has 0 aromatic carbocycles. The molecular formula is C14H20N2O2. The Morgan fingerprint density at radius 1 is 1.44 bits per heavy atom. The van der Waals surface area contributed by atoms with Gasteiger partial charge in [0.05, 0.1) is 0 Å². The first kappa shape index (κ1) is 12.9. The van der Waals surface area contributed by atoms with E-state index in [1.807, 2.05) is 7.05 Å². The van der Waals surface area contributed by atoms with Gasteiger partial charge in [0.15, 0.2) is 0 Å². The molecule has 0 atom stereocenters. The monoisotopic (exact) mass is 248 g/mol. The number of aromatic nitrogens is 1. The van der Waals surface area contributed by atoms with E-state index in [9.17, 15) is 9.59 Å². The molecule has 18 heavy (non-hydrogen) atoms. The molecular weight excluding hydrogens is 228 g/mol. The highest BCUT2D eigenvalue weighted by atomic mass is 16.2. The number of amides is 1. The van der Waals surface area contributed by atoms with E-state index < -0.39 is 0 Å². The van der Waals surface area contributed by atoms with E-state index in [0.717, 1.165) is 6.54 Å². The Morgan fingerprint density at radius 2 is 2.11 bits per heavy atom. The summed E-state index contributed by atoms with van der Waals surface area (Å²) in [6, 6.07) is 3.11. The van der Waals surface area contributed by atoms with Crippen LogP contribution in [0.15, 0.2) is 23.1 Å². The van der Waals surface area contributed by atoms with Gasteiger partial charge in [0.1, 0.15) is 0 Å². The van der Waals surface area contributed by atoms with E-state index in [2.05, 4.69) is 0 Å². The lowest BCUT2D eigenvalue weighted by atomic mass is 10.1. The maximum Gasteiger partial charge on any atom is 0.253 e. The number of hydrogen-bond acceptors (Lipinski definition) is 2. The predicted octanol–water partition coefficient (Wildman–Crippen LogP) is 1.65. The SMILES string of the molecule is CN(CC1CCCC1)C(=O)c1ccn(C)c(=O)c1. The molecule has 0 radical (unpaired) electrons. The molecule has 0 N–H and O–H groups in total. The summed E-state index contributed by atoms with van der Waals surface area (Å²) in [6.45, 7) is 0.800. The third kappa shape index (κ3) is 2.81. The molecule has 4 nitrogen and oxygen atoms in total. The number of carbonyl (C=O) groups is 1. The van der Waals surface area contributed by atoms with E-state index in [-0.39, 0.29) is 11.5 Å². The average Bonchev–Trinajstić information content (AvgIpc) is 2.84. The van der Waals surface area contributed by atoms with Crippen molar-refractivity contribution in [1.29, 1.82) is 0 Å². The Kier molecular flexibility index (Phi) is 3.84. The normalized spacial score (nSPS) is 15.9. The van der Waals surface area contributed by atoms with Crippen LogP contribution in [0.2, 0.25) is 0 Å². The van der Waals surface area contributed by atoms with Gasteiger partial charge in [-0.25, -0.2) is 0 Å². The van der Waals surface area contributed by atoms with Crippen molar-refractivity contribution < 1.29 is 4.79 Å². The molecule has 0 unspecified atom stereocenters. The number of hydrogen-bond donors (Lipinski definition) is 0. The second-order valence-electron chi connectivity index (χ2n) is 5.20. The molecule has 0 spiro atoms. The zero-order valence-corrected chi connectivity index (χ0v) is 11.1. The van der Waals surface area contributed by atoms with Gasteiger partial charge in [-0.05, 0) is 24.8 Å². The summed E-state index contributed by atoms with van der Waals surface area (Å²) in [5, 5.41) is 0. The van der Waals surface area contributed by atoms with Crippen molar-refractivity contribution >= 4 is 5.91 Å². The molecule has 4 heteroatoms.